The highest BCUT2D eigenvalue weighted by molar-refractivity contribution is 7.89. The molecular formula is C15H16N2O3S. The van der Waals surface area contributed by atoms with E-state index in [1.54, 1.807) is 24.3 Å². The normalized spacial score (nSPS) is 11.2. The van der Waals surface area contributed by atoms with Gasteiger partial charge in [0.15, 0.2) is 0 Å². The van der Waals surface area contributed by atoms with Gasteiger partial charge in [0.25, 0.3) is 0 Å². The first-order chi connectivity index (χ1) is 10.0. The van der Waals surface area contributed by atoms with E-state index in [2.05, 4.69) is 6.07 Å². The molecule has 0 unspecified atom stereocenters. The van der Waals surface area contributed by atoms with Crippen molar-refractivity contribution in [3.63, 3.8) is 0 Å². The van der Waals surface area contributed by atoms with Crippen molar-refractivity contribution in [3.05, 3.63) is 36.4 Å². The van der Waals surface area contributed by atoms with E-state index < -0.39 is 10.0 Å². The second-order valence-corrected chi connectivity index (χ2v) is 6.15. The van der Waals surface area contributed by atoms with E-state index in [1.807, 2.05) is 6.07 Å². The number of fused-ring (bicyclic) bond motifs is 1. The maximum Gasteiger partial charge on any atom is 0.238 e. The monoisotopic (exact) mass is 304 g/mol. The van der Waals surface area contributed by atoms with Crippen LogP contribution in [0.25, 0.3) is 10.8 Å². The molecule has 0 atom stereocenters. The zero-order chi connectivity index (χ0) is 15.3. The maximum atomic E-state index is 11.6. The molecule has 0 heterocycles. The molecule has 0 saturated heterocycles. The Bertz CT molecular complexity index is 779. The first-order valence-corrected chi connectivity index (χ1v) is 8.13. The van der Waals surface area contributed by atoms with Crippen molar-refractivity contribution >= 4 is 20.8 Å². The average molecular weight is 304 g/mol. The van der Waals surface area contributed by atoms with Crippen molar-refractivity contribution < 1.29 is 13.2 Å². The fourth-order valence-corrected chi connectivity index (χ4v) is 2.85. The van der Waals surface area contributed by atoms with E-state index in [0.717, 1.165) is 12.8 Å². The Balaban J connectivity index is 2.29. The summed E-state index contributed by atoms with van der Waals surface area (Å²) in [5.41, 5.74) is 0. The molecule has 110 valence electrons. The van der Waals surface area contributed by atoms with Crippen LogP contribution in [-0.4, -0.2) is 15.0 Å². The van der Waals surface area contributed by atoms with Gasteiger partial charge in [0, 0.05) is 17.2 Å². The van der Waals surface area contributed by atoms with Crippen LogP contribution >= 0.6 is 0 Å². The van der Waals surface area contributed by atoms with E-state index in [-0.39, 0.29) is 4.90 Å². The predicted octanol–water partition coefficient (Wildman–Crippen LogP) is 2.56. The summed E-state index contributed by atoms with van der Waals surface area (Å²) in [5.74, 6) is 0.620. The summed E-state index contributed by atoms with van der Waals surface area (Å²) < 4.78 is 28.9. The number of sulfonamides is 1. The molecule has 5 nitrogen and oxygen atoms in total. The minimum atomic E-state index is -3.77. The Morgan fingerprint density at radius 2 is 1.81 bits per heavy atom. The molecule has 2 N–H and O–H groups in total. The van der Waals surface area contributed by atoms with Gasteiger partial charge in [-0.1, -0.05) is 24.3 Å². The van der Waals surface area contributed by atoms with Gasteiger partial charge in [-0.3, -0.25) is 0 Å². The van der Waals surface area contributed by atoms with Crippen LogP contribution in [0.4, 0.5) is 0 Å². The van der Waals surface area contributed by atoms with Gasteiger partial charge in [0.1, 0.15) is 5.75 Å². The molecule has 2 rings (SSSR count). The first-order valence-electron chi connectivity index (χ1n) is 6.58. The Hall–Kier alpha value is -2.10. The summed E-state index contributed by atoms with van der Waals surface area (Å²) in [7, 11) is -3.77. The van der Waals surface area contributed by atoms with Crippen LogP contribution in [0.2, 0.25) is 0 Å². The third-order valence-electron chi connectivity index (χ3n) is 3.09. The van der Waals surface area contributed by atoms with E-state index in [9.17, 15) is 8.42 Å². The molecule has 0 fully saturated rings. The van der Waals surface area contributed by atoms with Crippen molar-refractivity contribution in [1.82, 2.24) is 0 Å². The van der Waals surface area contributed by atoms with Crippen molar-refractivity contribution in [2.24, 2.45) is 5.14 Å². The highest BCUT2D eigenvalue weighted by Crippen LogP contribution is 2.30. The van der Waals surface area contributed by atoms with E-state index >= 15 is 0 Å². The number of ether oxygens (including phenoxy) is 1. The molecule has 0 amide bonds. The van der Waals surface area contributed by atoms with Gasteiger partial charge in [0.2, 0.25) is 10.0 Å². The molecule has 0 spiro atoms. The van der Waals surface area contributed by atoms with Gasteiger partial charge in [-0.05, 0) is 25.0 Å². The Morgan fingerprint density at radius 3 is 2.48 bits per heavy atom. The number of nitrogens with two attached hydrogens (primary N) is 1. The minimum absolute atomic E-state index is 0.0925. The van der Waals surface area contributed by atoms with Crippen LogP contribution in [0.1, 0.15) is 19.3 Å². The molecule has 0 saturated carbocycles. The summed E-state index contributed by atoms with van der Waals surface area (Å²) in [5, 5.41) is 15.0. The molecule has 0 radical (unpaired) electrons. The second kappa shape index (κ2) is 6.57. The smallest absolute Gasteiger partial charge is 0.238 e. The Kier molecular flexibility index (Phi) is 4.78. The molecule has 0 aliphatic carbocycles. The number of benzene rings is 2. The highest BCUT2D eigenvalue weighted by atomic mass is 32.2. The van der Waals surface area contributed by atoms with Crippen molar-refractivity contribution in [3.8, 4) is 11.8 Å². The summed E-state index contributed by atoms with van der Waals surface area (Å²) >= 11 is 0. The van der Waals surface area contributed by atoms with Gasteiger partial charge in [-0.2, -0.15) is 5.26 Å². The first kappa shape index (κ1) is 15.3. The molecule has 2 aromatic carbocycles. The van der Waals surface area contributed by atoms with Crippen molar-refractivity contribution in [1.29, 1.82) is 5.26 Å². The molecule has 0 bridgehead atoms. The highest BCUT2D eigenvalue weighted by Gasteiger charge is 2.14. The third-order valence-corrected chi connectivity index (χ3v) is 4.06. The molecule has 0 aromatic heterocycles. The minimum Gasteiger partial charge on any atom is -0.493 e. The molecular weight excluding hydrogens is 288 g/mol. The van der Waals surface area contributed by atoms with Crippen molar-refractivity contribution in [2.75, 3.05) is 6.61 Å². The fraction of sp³-hybridized carbons (Fsp3) is 0.267. The number of hydrogen-bond donors (Lipinski definition) is 1. The second-order valence-electron chi connectivity index (χ2n) is 4.62. The Morgan fingerprint density at radius 1 is 1.10 bits per heavy atom. The summed E-state index contributed by atoms with van der Waals surface area (Å²) in [6, 6.07) is 12.2. The topological polar surface area (TPSA) is 93.2 Å². The number of rotatable bonds is 6. The van der Waals surface area contributed by atoms with E-state index in [0.29, 0.717) is 29.5 Å². The van der Waals surface area contributed by atoms with Crippen LogP contribution in [0, 0.1) is 11.3 Å². The number of nitrogens with zero attached hydrogens (tertiary/aromatic N) is 1. The lowest BCUT2D eigenvalue weighted by Crippen LogP contribution is -2.12. The van der Waals surface area contributed by atoms with Crippen molar-refractivity contribution in [2.45, 2.75) is 24.2 Å². The van der Waals surface area contributed by atoms with Gasteiger partial charge in [-0.25, -0.2) is 13.6 Å². The Labute approximate surface area is 124 Å². The van der Waals surface area contributed by atoms with Gasteiger partial charge < -0.3 is 4.74 Å². The number of hydrogen-bond acceptors (Lipinski definition) is 4. The zero-order valence-electron chi connectivity index (χ0n) is 11.5. The number of unbranched alkanes of at least 4 members (excludes halogenated alkanes) is 2. The SMILES string of the molecule is N#CCCCCOc1ccc(S(N)(=O)=O)c2ccccc12. The van der Waals surface area contributed by atoms with Crippen LogP contribution < -0.4 is 9.88 Å². The lowest BCUT2D eigenvalue weighted by Gasteiger charge is -2.11. The van der Waals surface area contributed by atoms with E-state index in [4.69, 9.17) is 15.1 Å². The number of primary sulfonamides is 1. The number of nitriles is 1. The van der Waals surface area contributed by atoms with Gasteiger partial charge >= 0.3 is 0 Å². The average Bonchev–Trinajstić information content (AvgIpc) is 2.45. The van der Waals surface area contributed by atoms with Crippen LogP contribution in [0.15, 0.2) is 41.3 Å². The summed E-state index contributed by atoms with van der Waals surface area (Å²) in [4.78, 5) is 0.0925. The predicted molar refractivity (Wildman–Crippen MR) is 80.3 cm³/mol. The van der Waals surface area contributed by atoms with Crippen LogP contribution in [0.5, 0.6) is 5.75 Å². The quantitative estimate of drug-likeness (QED) is 0.830. The molecule has 6 heteroatoms. The lowest BCUT2D eigenvalue weighted by molar-refractivity contribution is 0.311. The van der Waals surface area contributed by atoms with E-state index in [1.165, 1.54) is 6.07 Å². The molecule has 2 aromatic rings. The lowest BCUT2D eigenvalue weighted by atomic mass is 10.1. The summed E-state index contributed by atoms with van der Waals surface area (Å²) in [6.45, 7) is 0.487. The molecule has 21 heavy (non-hydrogen) atoms. The van der Waals surface area contributed by atoms with Gasteiger partial charge in [-0.15, -0.1) is 0 Å². The molecule has 0 aliphatic heterocycles. The van der Waals surface area contributed by atoms with Crippen LogP contribution in [-0.2, 0) is 10.0 Å². The van der Waals surface area contributed by atoms with Crippen LogP contribution in [0.3, 0.4) is 0 Å². The largest absolute Gasteiger partial charge is 0.493 e. The zero-order valence-corrected chi connectivity index (χ0v) is 12.3. The summed E-state index contributed by atoms with van der Waals surface area (Å²) in [6.07, 6.45) is 2.07. The van der Waals surface area contributed by atoms with Gasteiger partial charge in [0.05, 0.1) is 17.6 Å². The third kappa shape index (κ3) is 3.72. The maximum absolute atomic E-state index is 11.6. The molecule has 0 aliphatic rings. The fourth-order valence-electron chi connectivity index (χ4n) is 2.11. The standard InChI is InChI=1S/C15H16N2O3S/c16-10-4-1-5-11-20-14-8-9-15(21(17,18)19)13-7-3-2-6-12(13)14/h2-3,6-9H,1,4-5,11H2,(H2,17,18,19).